The third-order valence-electron chi connectivity index (χ3n) is 3.22. The van der Waals surface area contributed by atoms with Crippen LogP contribution in [0.2, 0.25) is 0 Å². The Kier molecular flexibility index (Phi) is 5.87. The molecule has 0 aliphatic carbocycles. The van der Waals surface area contributed by atoms with Crippen LogP contribution in [0.15, 0.2) is 41.1 Å². The zero-order chi connectivity index (χ0) is 15.2. The second-order valence-electron chi connectivity index (χ2n) is 5.17. The topological polar surface area (TPSA) is 36.4 Å². The van der Waals surface area contributed by atoms with Crippen molar-refractivity contribution in [2.24, 2.45) is 4.74 Å². The molecule has 0 amide bonds. The smallest absolute Gasteiger partial charge is 0.101 e. The van der Waals surface area contributed by atoms with Gasteiger partial charge in [0, 0.05) is 5.69 Å². The number of aryl methyl sites for hydroxylation is 4. The Bertz CT molecular complexity index is 654. The molecule has 0 bridgehead atoms. The van der Waals surface area contributed by atoms with Crippen LogP contribution in [0.1, 0.15) is 22.3 Å². The van der Waals surface area contributed by atoms with Gasteiger partial charge in [-0.25, -0.2) is 9.60 Å². The predicted octanol–water partition coefficient (Wildman–Crippen LogP) is 5.81. The molecular weight excluding hydrogens is 296 g/mol. The molecule has 21 heavy (non-hydrogen) atoms. The Morgan fingerprint density at radius 1 is 0.905 bits per heavy atom. The molecule has 0 aliphatic heterocycles. The Morgan fingerprint density at radius 3 is 2.33 bits per heavy atom. The molecule has 0 saturated heterocycles. The van der Waals surface area contributed by atoms with E-state index in [4.69, 9.17) is 0 Å². The SMILES string of the molecule is Cc1ccc(C)c(N=PNPNc2cc(C)ccc2C)c1. The van der Waals surface area contributed by atoms with Crippen molar-refractivity contribution < 1.29 is 0 Å². The van der Waals surface area contributed by atoms with Gasteiger partial charge in [0.15, 0.2) is 0 Å². The fraction of sp³-hybridized carbons (Fsp3) is 0.250. The van der Waals surface area contributed by atoms with E-state index in [2.05, 4.69) is 78.8 Å². The van der Waals surface area contributed by atoms with Gasteiger partial charge in [0.25, 0.3) is 0 Å². The van der Waals surface area contributed by atoms with Crippen molar-refractivity contribution in [1.82, 2.24) is 4.86 Å². The summed E-state index contributed by atoms with van der Waals surface area (Å²) >= 11 is 0. The average molecular weight is 317 g/mol. The van der Waals surface area contributed by atoms with Crippen LogP contribution in [0.4, 0.5) is 11.4 Å². The highest BCUT2D eigenvalue weighted by molar-refractivity contribution is 7.48. The van der Waals surface area contributed by atoms with Crippen LogP contribution in [0, 0.1) is 27.7 Å². The monoisotopic (exact) mass is 317 g/mol. The lowest BCUT2D eigenvalue weighted by Gasteiger charge is -2.09. The first-order chi connectivity index (χ1) is 10.1. The molecule has 5 heteroatoms. The summed E-state index contributed by atoms with van der Waals surface area (Å²) in [6.07, 6.45) is 0. The van der Waals surface area contributed by atoms with Gasteiger partial charge >= 0.3 is 0 Å². The second-order valence-corrected chi connectivity index (χ2v) is 6.96. The second kappa shape index (κ2) is 7.66. The number of nitrogens with zero attached hydrogens (tertiary/aromatic N) is 1. The molecule has 0 fully saturated rings. The summed E-state index contributed by atoms with van der Waals surface area (Å²) in [5.74, 6) is 0. The van der Waals surface area contributed by atoms with Gasteiger partial charge < -0.3 is 5.09 Å². The van der Waals surface area contributed by atoms with Crippen molar-refractivity contribution in [3.8, 4) is 0 Å². The largest absolute Gasteiger partial charge is 0.354 e. The van der Waals surface area contributed by atoms with E-state index < -0.39 is 0 Å². The van der Waals surface area contributed by atoms with Crippen molar-refractivity contribution in [2.45, 2.75) is 27.7 Å². The molecule has 2 aromatic rings. The van der Waals surface area contributed by atoms with E-state index in [9.17, 15) is 0 Å². The van der Waals surface area contributed by atoms with Crippen LogP contribution in [0.5, 0.6) is 0 Å². The number of rotatable bonds is 5. The molecule has 2 N–H and O–H groups in total. The standard InChI is InChI=1S/C16H21N3P2/c1-11-5-7-13(3)15(9-11)17-20-19-21-18-16-10-12(2)6-8-14(16)4/h5-10,17,20H,1-4H3,(H,18,19). The maximum atomic E-state index is 4.57. The van der Waals surface area contributed by atoms with E-state index in [0.29, 0.717) is 8.88 Å². The lowest BCUT2D eigenvalue weighted by molar-refractivity contribution is 1.36. The van der Waals surface area contributed by atoms with E-state index in [1.807, 2.05) is 0 Å². The number of anilines is 1. The Hall–Kier alpha value is -1.27. The van der Waals surface area contributed by atoms with Crippen LogP contribution in [0.3, 0.4) is 0 Å². The average Bonchev–Trinajstić information content (AvgIpc) is 2.45. The summed E-state index contributed by atoms with van der Waals surface area (Å²) in [7, 11) is 1.32. The Morgan fingerprint density at radius 2 is 1.57 bits per heavy atom. The summed E-state index contributed by atoms with van der Waals surface area (Å²) in [6, 6.07) is 12.8. The summed E-state index contributed by atoms with van der Waals surface area (Å²) < 4.78 is 4.57. The van der Waals surface area contributed by atoms with Gasteiger partial charge in [0.1, 0.15) is 8.52 Å². The summed E-state index contributed by atoms with van der Waals surface area (Å²) in [5.41, 5.74) is 7.22. The highest BCUT2D eigenvalue weighted by Gasteiger charge is 1.98. The van der Waals surface area contributed by atoms with Gasteiger partial charge in [-0.2, -0.15) is 0 Å². The summed E-state index contributed by atoms with van der Waals surface area (Å²) in [4.78, 5) is 3.30. The highest BCUT2D eigenvalue weighted by atomic mass is 31.1. The first kappa shape index (κ1) is 16.1. The van der Waals surface area contributed by atoms with Gasteiger partial charge in [0.05, 0.1) is 14.6 Å². The van der Waals surface area contributed by atoms with Crippen molar-refractivity contribution in [3.63, 3.8) is 0 Å². The zero-order valence-electron chi connectivity index (χ0n) is 12.9. The van der Waals surface area contributed by atoms with Crippen LogP contribution in [-0.2, 0) is 0 Å². The highest BCUT2D eigenvalue weighted by Crippen LogP contribution is 2.26. The Labute approximate surface area is 130 Å². The molecule has 110 valence electrons. The van der Waals surface area contributed by atoms with Crippen molar-refractivity contribution in [1.29, 1.82) is 0 Å². The van der Waals surface area contributed by atoms with Gasteiger partial charge in [-0.1, -0.05) is 24.3 Å². The molecule has 1 unspecified atom stereocenters. The lowest BCUT2D eigenvalue weighted by atomic mass is 10.1. The molecule has 0 heterocycles. The first-order valence-corrected chi connectivity index (χ1v) is 8.72. The van der Waals surface area contributed by atoms with E-state index in [1.54, 1.807) is 0 Å². The van der Waals surface area contributed by atoms with Crippen molar-refractivity contribution >= 4 is 28.8 Å². The minimum atomic E-state index is 0.442. The summed E-state index contributed by atoms with van der Waals surface area (Å²) in [5, 5.41) is 3.42. The molecule has 0 aromatic heterocycles. The molecule has 1 atom stereocenters. The quantitative estimate of drug-likeness (QED) is 0.539. The lowest BCUT2D eigenvalue weighted by Crippen LogP contribution is -1.93. The molecule has 2 aromatic carbocycles. The Balaban J connectivity index is 1.88. The van der Waals surface area contributed by atoms with Gasteiger partial charge in [-0.05, 0) is 62.1 Å². The minimum Gasteiger partial charge on any atom is -0.354 e. The van der Waals surface area contributed by atoms with E-state index in [1.165, 1.54) is 27.9 Å². The molecule has 3 nitrogen and oxygen atoms in total. The first-order valence-electron chi connectivity index (χ1n) is 6.87. The maximum absolute atomic E-state index is 4.57. The predicted molar refractivity (Wildman–Crippen MR) is 95.9 cm³/mol. The zero-order valence-corrected chi connectivity index (χ0v) is 14.8. The van der Waals surface area contributed by atoms with Gasteiger partial charge in [0.2, 0.25) is 0 Å². The number of hydrogen-bond acceptors (Lipinski definition) is 2. The third kappa shape index (κ3) is 4.89. The van der Waals surface area contributed by atoms with Crippen LogP contribution in [-0.4, -0.2) is 0 Å². The van der Waals surface area contributed by atoms with Gasteiger partial charge in [-0.15, -0.1) is 0 Å². The van der Waals surface area contributed by atoms with Crippen LogP contribution >= 0.6 is 17.4 Å². The normalized spacial score (nSPS) is 11.6. The molecule has 0 radical (unpaired) electrons. The minimum absolute atomic E-state index is 0.442. The molecular formula is C16H21N3P2. The van der Waals surface area contributed by atoms with Gasteiger partial charge in [-0.3, -0.25) is 0 Å². The van der Waals surface area contributed by atoms with Crippen LogP contribution < -0.4 is 9.95 Å². The third-order valence-corrected chi connectivity index (χ3v) is 4.78. The fourth-order valence-corrected chi connectivity index (χ4v) is 3.25. The fourth-order valence-electron chi connectivity index (χ4n) is 1.90. The van der Waals surface area contributed by atoms with E-state index >= 15 is 0 Å². The van der Waals surface area contributed by atoms with Crippen molar-refractivity contribution in [3.05, 3.63) is 58.7 Å². The van der Waals surface area contributed by atoms with E-state index in [-0.39, 0.29) is 0 Å². The number of hydrogen-bond donors (Lipinski definition) is 2. The molecule has 2 rings (SSSR count). The van der Waals surface area contributed by atoms with Crippen molar-refractivity contribution in [2.75, 3.05) is 5.09 Å². The number of benzene rings is 2. The molecule has 0 saturated carbocycles. The van der Waals surface area contributed by atoms with E-state index in [0.717, 1.165) is 14.2 Å². The number of nitrogens with one attached hydrogen (secondary N) is 2. The maximum Gasteiger partial charge on any atom is 0.101 e. The molecule has 0 spiro atoms. The summed E-state index contributed by atoms with van der Waals surface area (Å²) in [6.45, 7) is 8.40. The molecule has 0 aliphatic rings. The van der Waals surface area contributed by atoms with Crippen LogP contribution in [0.25, 0.3) is 0 Å².